The summed E-state index contributed by atoms with van der Waals surface area (Å²) in [6, 6.07) is 3.66. The minimum atomic E-state index is -0.0786. The number of amides is 1. The third-order valence-electron chi connectivity index (χ3n) is 1.73. The Labute approximate surface area is 96.4 Å². The quantitative estimate of drug-likeness (QED) is 0.574. The van der Waals surface area contributed by atoms with E-state index >= 15 is 0 Å². The molecule has 0 bridgehead atoms. The molecule has 1 amide bonds. The lowest BCUT2D eigenvalue weighted by Crippen LogP contribution is -2.22. The second-order valence-electron chi connectivity index (χ2n) is 2.79. The van der Waals surface area contributed by atoms with E-state index in [0.717, 1.165) is 5.56 Å². The summed E-state index contributed by atoms with van der Waals surface area (Å²) in [6.45, 7) is 0. The Hall–Kier alpha value is -1.27. The Morgan fingerprint density at radius 2 is 2.53 bits per heavy atom. The van der Waals surface area contributed by atoms with Gasteiger partial charge in [0.25, 0.3) is 5.91 Å². The first-order valence-electron chi connectivity index (χ1n) is 4.21. The van der Waals surface area contributed by atoms with Crippen LogP contribution in [0.25, 0.3) is 0 Å². The van der Waals surface area contributed by atoms with E-state index in [9.17, 15) is 4.79 Å². The summed E-state index contributed by atoms with van der Waals surface area (Å²) in [4.78, 5) is 15.2. The molecule has 6 heteroatoms. The molecule has 0 saturated carbocycles. The molecule has 1 fully saturated rings. The molecule has 0 atom stereocenters. The van der Waals surface area contributed by atoms with Crippen LogP contribution in [0.5, 0.6) is 0 Å². The molecule has 1 aliphatic rings. The number of aromatic nitrogens is 1. The fraction of sp³-hybridized carbons (Fsp3) is 0.111. The summed E-state index contributed by atoms with van der Waals surface area (Å²) in [5.41, 5.74) is 0.838. The first-order valence-corrected chi connectivity index (χ1v) is 5.60. The zero-order chi connectivity index (χ0) is 10.7. The summed E-state index contributed by atoms with van der Waals surface area (Å²) in [7, 11) is 0. The highest BCUT2D eigenvalue weighted by Gasteiger charge is 2.25. The third kappa shape index (κ3) is 2.40. The highest BCUT2D eigenvalue weighted by molar-refractivity contribution is 8.23. The van der Waals surface area contributed by atoms with Gasteiger partial charge in [-0.25, -0.2) is 0 Å². The van der Waals surface area contributed by atoms with Crippen LogP contribution in [0.2, 0.25) is 0 Å². The van der Waals surface area contributed by atoms with Gasteiger partial charge in [-0.15, -0.1) is 0 Å². The normalized spacial score (nSPS) is 16.7. The highest BCUT2D eigenvalue weighted by atomic mass is 32.2. The first kappa shape index (κ1) is 10.3. The van der Waals surface area contributed by atoms with E-state index in [1.807, 2.05) is 6.07 Å². The predicted octanol–water partition coefficient (Wildman–Crippen LogP) is 1.28. The number of hydrogen-bond acceptors (Lipinski definition) is 5. The van der Waals surface area contributed by atoms with Crippen molar-refractivity contribution in [1.29, 1.82) is 0 Å². The van der Waals surface area contributed by atoms with Crippen molar-refractivity contribution in [3.05, 3.63) is 30.1 Å². The smallest absolute Gasteiger partial charge is 0.259 e. The minimum Gasteiger partial charge on any atom is -0.272 e. The van der Waals surface area contributed by atoms with E-state index in [0.29, 0.717) is 10.1 Å². The SMILES string of the molecule is O=C1CSC(=S)N1/N=C\c1cccnc1. The molecular weight excluding hydrogens is 230 g/mol. The van der Waals surface area contributed by atoms with E-state index < -0.39 is 0 Å². The lowest BCUT2D eigenvalue weighted by Gasteiger charge is -2.05. The second kappa shape index (κ2) is 4.50. The Morgan fingerprint density at radius 3 is 3.13 bits per heavy atom. The van der Waals surface area contributed by atoms with Crippen molar-refractivity contribution < 1.29 is 4.79 Å². The molecule has 1 saturated heterocycles. The Bertz CT molecular complexity index is 403. The Morgan fingerprint density at radius 1 is 1.67 bits per heavy atom. The van der Waals surface area contributed by atoms with Crippen molar-refractivity contribution in [2.75, 3.05) is 5.75 Å². The number of hydrazone groups is 1. The van der Waals surface area contributed by atoms with Gasteiger partial charge in [-0.05, 0) is 6.07 Å². The van der Waals surface area contributed by atoms with Gasteiger partial charge in [0.05, 0.1) is 12.0 Å². The predicted molar refractivity (Wildman–Crippen MR) is 63.7 cm³/mol. The fourth-order valence-electron chi connectivity index (χ4n) is 1.04. The highest BCUT2D eigenvalue weighted by Crippen LogP contribution is 2.19. The van der Waals surface area contributed by atoms with Crippen LogP contribution in [0.4, 0.5) is 0 Å². The molecule has 15 heavy (non-hydrogen) atoms. The van der Waals surface area contributed by atoms with Gasteiger partial charge < -0.3 is 0 Å². The van der Waals surface area contributed by atoms with Gasteiger partial charge in [-0.1, -0.05) is 30.0 Å². The number of thioether (sulfide) groups is 1. The number of carbonyl (C=O) groups excluding carboxylic acids is 1. The van der Waals surface area contributed by atoms with Crippen LogP contribution in [-0.4, -0.2) is 32.2 Å². The van der Waals surface area contributed by atoms with Gasteiger partial charge in [-0.3, -0.25) is 9.78 Å². The van der Waals surface area contributed by atoms with Crippen LogP contribution in [0.3, 0.4) is 0 Å². The standard InChI is InChI=1S/C9H7N3OS2/c13-8-6-15-9(14)12(8)11-5-7-2-1-3-10-4-7/h1-5H,6H2/b11-5-. The summed E-state index contributed by atoms with van der Waals surface area (Å²) < 4.78 is 0.500. The summed E-state index contributed by atoms with van der Waals surface area (Å²) in [5, 5.41) is 5.26. The summed E-state index contributed by atoms with van der Waals surface area (Å²) >= 11 is 6.30. The van der Waals surface area contributed by atoms with Crippen LogP contribution >= 0.6 is 24.0 Å². The molecular formula is C9H7N3OS2. The number of hydrogen-bond donors (Lipinski definition) is 0. The Kier molecular flexibility index (Phi) is 3.08. The van der Waals surface area contributed by atoms with Crippen LogP contribution in [0, 0.1) is 0 Å². The second-order valence-corrected chi connectivity index (χ2v) is 4.40. The Balaban J connectivity index is 2.12. The zero-order valence-corrected chi connectivity index (χ0v) is 9.29. The number of nitrogens with zero attached hydrogens (tertiary/aromatic N) is 3. The summed E-state index contributed by atoms with van der Waals surface area (Å²) in [5.74, 6) is 0.300. The van der Waals surface area contributed by atoms with Gasteiger partial charge in [0.2, 0.25) is 0 Å². The molecule has 1 aliphatic heterocycles. The van der Waals surface area contributed by atoms with Gasteiger partial charge in [0.15, 0.2) is 4.32 Å². The molecule has 2 rings (SSSR count). The topological polar surface area (TPSA) is 45.6 Å². The van der Waals surface area contributed by atoms with Gasteiger partial charge in [-0.2, -0.15) is 10.1 Å². The monoisotopic (exact) mass is 237 g/mol. The molecule has 2 heterocycles. The van der Waals surface area contributed by atoms with Crippen molar-refractivity contribution in [2.45, 2.75) is 0 Å². The zero-order valence-electron chi connectivity index (χ0n) is 7.66. The molecule has 0 spiro atoms. The largest absolute Gasteiger partial charge is 0.272 e. The minimum absolute atomic E-state index is 0.0786. The van der Waals surface area contributed by atoms with E-state index in [4.69, 9.17) is 12.2 Å². The van der Waals surface area contributed by atoms with Crippen LogP contribution in [-0.2, 0) is 4.79 Å². The molecule has 0 unspecified atom stereocenters. The van der Waals surface area contributed by atoms with E-state index in [2.05, 4.69) is 10.1 Å². The number of pyridine rings is 1. The first-order chi connectivity index (χ1) is 7.27. The van der Waals surface area contributed by atoms with E-state index in [1.54, 1.807) is 24.7 Å². The van der Waals surface area contributed by atoms with Crippen LogP contribution in [0.15, 0.2) is 29.6 Å². The van der Waals surface area contributed by atoms with Crippen molar-refractivity contribution in [3.63, 3.8) is 0 Å². The molecule has 0 radical (unpaired) electrons. The molecule has 0 N–H and O–H groups in total. The molecule has 4 nitrogen and oxygen atoms in total. The van der Waals surface area contributed by atoms with Gasteiger partial charge in [0.1, 0.15) is 0 Å². The maximum absolute atomic E-state index is 11.3. The molecule has 0 aliphatic carbocycles. The maximum Gasteiger partial charge on any atom is 0.259 e. The maximum atomic E-state index is 11.3. The molecule has 76 valence electrons. The molecule has 0 aromatic carbocycles. The van der Waals surface area contributed by atoms with E-state index in [-0.39, 0.29) is 5.91 Å². The lowest BCUT2D eigenvalue weighted by atomic mass is 10.3. The molecule has 1 aromatic heterocycles. The third-order valence-corrected chi connectivity index (χ3v) is 3.07. The van der Waals surface area contributed by atoms with Crippen LogP contribution in [0.1, 0.15) is 5.56 Å². The average molecular weight is 237 g/mol. The number of rotatable bonds is 2. The van der Waals surface area contributed by atoms with Crippen molar-refractivity contribution in [2.24, 2.45) is 5.10 Å². The fourth-order valence-corrected chi connectivity index (χ4v) is 2.00. The number of thiocarbonyl (C=S) groups is 1. The summed E-state index contributed by atoms with van der Waals surface area (Å²) in [6.07, 6.45) is 4.92. The van der Waals surface area contributed by atoms with Crippen molar-refractivity contribution in [3.8, 4) is 0 Å². The number of carbonyl (C=O) groups is 1. The van der Waals surface area contributed by atoms with Crippen LogP contribution < -0.4 is 0 Å². The van der Waals surface area contributed by atoms with Crippen molar-refractivity contribution in [1.82, 2.24) is 9.99 Å². The molecule has 1 aromatic rings. The lowest BCUT2D eigenvalue weighted by molar-refractivity contribution is -0.123. The van der Waals surface area contributed by atoms with Crippen molar-refractivity contribution >= 4 is 40.4 Å². The average Bonchev–Trinajstić information content (AvgIpc) is 2.58. The van der Waals surface area contributed by atoms with Gasteiger partial charge in [0, 0.05) is 18.0 Å². The van der Waals surface area contributed by atoms with Gasteiger partial charge >= 0.3 is 0 Å². The van der Waals surface area contributed by atoms with E-state index in [1.165, 1.54) is 16.8 Å².